The van der Waals surface area contributed by atoms with Crippen LogP contribution in [0, 0.1) is 5.82 Å². The second kappa shape index (κ2) is 9.59. The molecule has 1 heterocycles. The SMILES string of the molecule is CC(C)(C)[S+]([O-])N=Cc1cc(Cl)c(F)c(NC(=O)c2ncn(Cc3ccccc3)n2)c1. The molecule has 3 aromatic rings. The predicted molar refractivity (Wildman–Crippen MR) is 120 cm³/mol. The van der Waals surface area contributed by atoms with Gasteiger partial charge in [-0.25, -0.2) is 14.1 Å². The Bertz CT molecular complexity index is 1100. The predicted octanol–water partition coefficient (Wildman–Crippen LogP) is 4.25. The van der Waals surface area contributed by atoms with Crippen molar-refractivity contribution >= 4 is 40.8 Å². The Morgan fingerprint density at radius 1 is 1.32 bits per heavy atom. The van der Waals surface area contributed by atoms with E-state index in [9.17, 15) is 13.7 Å². The summed E-state index contributed by atoms with van der Waals surface area (Å²) in [6.45, 7) is 5.80. The number of anilines is 1. The van der Waals surface area contributed by atoms with Gasteiger partial charge in [0.25, 0.3) is 5.91 Å². The first kappa shape index (κ1) is 22.9. The molecule has 1 unspecified atom stereocenters. The molecule has 3 rings (SSSR count). The van der Waals surface area contributed by atoms with Crippen LogP contribution in [-0.2, 0) is 17.9 Å². The third kappa shape index (κ3) is 6.13. The summed E-state index contributed by atoms with van der Waals surface area (Å²) in [4.78, 5) is 16.5. The van der Waals surface area contributed by atoms with Gasteiger partial charge in [0.15, 0.2) is 5.82 Å². The Morgan fingerprint density at radius 2 is 2.03 bits per heavy atom. The van der Waals surface area contributed by atoms with E-state index in [4.69, 9.17) is 11.6 Å². The van der Waals surface area contributed by atoms with E-state index in [0.29, 0.717) is 12.1 Å². The number of hydrogen-bond donors (Lipinski definition) is 1. The van der Waals surface area contributed by atoms with Gasteiger partial charge in [-0.1, -0.05) is 46.3 Å². The number of rotatable bonds is 6. The Morgan fingerprint density at radius 3 is 2.71 bits per heavy atom. The highest BCUT2D eigenvalue weighted by Crippen LogP contribution is 2.25. The lowest BCUT2D eigenvalue weighted by Gasteiger charge is -2.17. The van der Waals surface area contributed by atoms with E-state index < -0.39 is 27.8 Å². The monoisotopic (exact) mass is 461 g/mol. The number of carbonyl (C=O) groups is 1. The van der Waals surface area contributed by atoms with E-state index >= 15 is 0 Å². The van der Waals surface area contributed by atoms with Gasteiger partial charge in [0.2, 0.25) is 5.82 Å². The van der Waals surface area contributed by atoms with Crippen LogP contribution >= 0.6 is 11.6 Å². The second-order valence-electron chi connectivity index (χ2n) is 7.67. The Hall–Kier alpha value is -2.75. The maximum absolute atomic E-state index is 14.4. The zero-order chi connectivity index (χ0) is 22.6. The lowest BCUT2D eigenvalue weighted by Crippen LogP contribution is -2.25. The van der Waals surface area contributed by atoms with Crippen LogP contribution in [0.5, 0.6) is 0 Å². The van der Waals surface area contributed by atoms with Gasteiger partial charge < -0.3 is 9.87 Å². The van der Waals surface area contributed by atoms with Crippen LogP contribution in [0.2, 0.25) is 5.02 Å². The van der Waals surface area contributed by atoms with Crippen molar-refractivity contribution < 1.29 is 13.7 Å². The van der Waals surface area contributed by atoms with Gasteiger partial charge in [-0.2, -0.15) is 0 Å². The largest absolute Gasteiger partial charge is 0.591 e. The molecule has 0 fully saturated rings. The first-order chi connectivity index (χ1) is 14.6. The van der Waals surface area contributed by atoms with Gasteiger partial charge in [-0.3, -0.25) is 4.79 Å². The van der Waals surface area contributed by atoms with Crippen molar-refractivity contribution in [3.05, 3.63) is 76.6 Å². The first-order valence-electron chi connectivity index (χ1n) is 9.33. The van der Waals surface area contributed by atoms with Gasteiger partial charge in [0, 0.05) is 5.56 Å². The minimum Gasteiger partial charge on any atom is -0.591 e. The number of carbonyl (C=O) groups excluding carboxylic acids is 1. The number of benzene rings is 2. The Labute approximate surface area is 187 Å². The molecule has 0 bridgehead atoms. The Kier molecular flexibility index (Phi) is 7.09. The Balaban J connectivity index is 1.75. The fraction of sp³-hybridized carbons (Fsp3) is 0.238. The number of nitrogens with one attached hydrogen (secondary N) is 1. The maximum Gasteiger partial charge on any atom is 0.295 e. The third-order valence-electron chi connectivity index (χ3n) is 4.05. The van der Waals surface area contributed by atoms with Crippen molar-refractivity contribution in [3.63, 3.8) is 0 Å². The zero-order valence-electron chi connectivity index (χ0n) is 17.2. The molecule has 0 aliphatic rings. The van der Waals surface area contributed by atoms with Gasteiger partial charge in [-0.05, 0) is 38.5 Å². The number of nitrogens with zero attached hydrogens (tertiary/aromatic N) is 4. The molecule has 162 valence electrons. The average molecular weight is 462 g/mol. The smallest absolute Gasteiger partial charge is 0.295 e. The molecular formula is C21H21ClFN5O2S. The molecule has 0 radical (unpaired) electrons. The minimum atomic E-state index is -1.49. The molecule has 0 saturated carbocycles. The molecule has 0 aliphatic heterocycles. The molecule has 2 aromatic carbocycles. The molecule has 0 spiro atoms. The van der Waals surface area contributed by atoms with Crippen LogP contribution in [0.4, 0.5) is 10.1 Å². The summed E-state index contributed by atoms with van der Waals surface area (Å²) < 4.78 is 31.5. The normalized spacial score (nSPS) is 12.8. The summed E-state index contributed by atoms with van der Waals surface area (Å²) >= 11 is 4.46. The van der Waals surface area contributed by atoms with E-state index in [2.05, 4.69) is 19.8 Å². The summed E-state index contributed by atoms with van der Waals surface area (Å²) in [5.74, 6) is -1.60. The van der Waals surface area contributed by atoms with E-state index in [1.165, 1.54) is 29.4 Å². The van der Waals surface area contributed by atoms with Crippen LogP contribution in [0.15, 0.2) is 53.2 Å². The van der Waals surface area contributed by atoms with Gasteiger partial charge >= 0.3 is 0 Å². The summed E-state index contributed by atoms with van der Waals surface area (Å²) in [5.41, 5.74) is 1.23. The number of hydrogen-bond acceptors (Lipinski definition) is 5. The molecule has 1 N–H and O–H groups in total. The zero-order valence-corrected chi connectivity index (χ0v) is 18.7. The molecule has 10 heteroatoms. The fourth-order valence-electron chi connectivity index (χ4n) is 2.47. The molecular weight excluding hydrogens is 441 g/mol. The van der Waals surface area contributed by atoms with Crippen LogP contribution < -0.4 is 5.32 Å². The summed E-state index contributed by atoms with van der Waals surface area (Å²) in [6, 6.07) is 12.3. The second-order valence-corrected chi connectivity index (χ2v) is 10.0. The standard InChI is InChI=1S/C21H21ClFN5O2S/c1-21(2,3)31(30)25-11-15-9-16(22)18(23)17(10-15)26-20(29)19-24-13-28(27-19)12-14-7-5-4-6-8-14/h4-11,13H,12H2,1-3H3,(H,26,29). The fourth-order valence-corrected chi connectivity index (χ4v) is 3.23. The topological polar surface area (TPSA) is 95.2 Å². The van der Waals surface area contributed by atoms with Crippen molar-refractivity contribution in [2.24, 2.45) is 4.40 Å². The summed E-state index contributed by atoms with van der Waals surface area (Å²) in [6.07, 6.45) is 2.76. The number of amides is 1. The van der Waals surface area contributed by atoms with E-state index in [1.54, 1.807) is 20.8 Å². The molecule has 1 aromatic heterocycles. The van der Waals surface area contributed by atoms with Crippen molar-refractivity contribution in [3.8, 4) is 0 Å². The van der Waals surface area contributed by atoms with E-state index in [0.717, 1.165) is 5.56 Å². The molecule has 0 aliphatic carbocycles. The number of halogens is 2. The van der Waals surface area contributed by atoms with Crippen LogP contribution in [0.3, 0.4) is 0 Å². The first-order valence-corrected chi connectivity index (χ1v) is 10.8. The lowest BCUT2D eigenvalue weighted by molar-refractivity contribution is 0.101. The highest BCUT2D eigenvalue weighted by atomic mass is 35.5. The lowest BCUT2D eigenvalue weighted by atomic mass is 10.2. The maximum atomic E-state index is 14.4. The quantitative estimate of drug-likeness (QED) is 0.438. The van der Waals surface area contributed by atoms with Crippen molar-refractivity contribution in [2.45, 2.75) is 32.1 Å². The molecule has 0 saturated heterocycles. The van der Waals surface area contributed by atoms with Crippen LogP contribution in [-0.4, -0.2) is 36.2 Å². The van der Waals surface area contributed by atoms with Crippen LogP contribution in [0.25, 0.3) is 0 Å². The van der Waals surface area contributed by atoms with Gasteiger partial charge in [0.1, 0.15) is 22.4 Å². The third-order valence-corrected chi connectivity index (χ3v) is 5.67. The van der Waals surface area contributed by atoms with Gasteiger partial charge in [-0.15, -0.1) is 5.10 Å². The molecule has 1 amide bonds. The van der Waals surface area contributed by atoms with E-state index in [1.807, 2.05) is 30.3 Å². The van der Waals surface area contributed by atoms with E-state index in [-0.39, 0.29) is 16.5 Å². The van der Waals surface area contributed by atoms with Crippen molar-refractivity contribution in [2.75, 3.05) is 5.32 Å². The van der Waals surface area contributed by atoms with Gasteiger partial charge in [0.05, 0.1) is 23.5 Å². The molecule has 7 nitrogen and oxygen atoms in total. The number of aromatic nitrogens is 3. The summed E-state index contributed by atoms with van der Waals surface area (Å²) in [7, 11) is 0. The molecule has 31 heavy (non-hydrogen) atoms. The van der Waals surface area contributed by atoms with Crippen molar-refractivity contribution in [1.29, 1.82) is 0 Å². The van der Waals surface area contributed by atoms with Crippen molar-refractivity contribution in [1.82, 2.24) is 14.8 Å². The van der Waals surface area contributed by atoms with Crippen LogP contribution in [0.1, 0.15) is 42.5 Å². The minimum absolute atomic E-state index is 0.112. The summed E-state index contributed by atoms with van der Waals surface area (Å²) in [5, 5.41) is 6.36. The highest BCUT2D eigenvalue weighted by molar-refractivity contribution is 7.91. The highest BCUT2D eigenvalue weighted by Gasteiger charge is 2.26. The molecule has 1 atom stereocenters. The average Bonchev–Trinajstić information content (AvgIpc) is 3.18.